The van der Waals surface area contributed by atoms with E-state index in [0.717, 1.165) is 39.7 Å². The van der Waals surface area contributed by atoms with E-state index in [1.54, 1.807) is 7.11 Å². The molecule has 0 aliphatic rings. The van der Waals surface area contributed by atoms with Crippen molar-refractivity contribution in [2.24, 2.45) is 0 Å². The molecule has 2 aromatic heterocycles. The summed E-state index contributed by atoms with van der Waals surface area (Å²) in [5.74, 6) is 3.36. The summed E-state index contributed by atoms with van der Waals surface area (Å²) < 4.78 is 13.3. The fourth-order valence-electron chi connectivity index (χ4n) is 2.93. The number of hydrogen-bond donors (Lipinski definition) is 0. The number of methoxy groups -OCH3 is 1. The summed E-state index contributed by atoms with van der Waals surface area (Å²) in [5, 5.41) is 0. The maximum atomic E-state index is 5.81. The van der Waals surface area contributed by atoms with Gasteiger partial charge in [0.1, 0.15) is 11.5 Å². The van der Waals surface area contributed by atoms with E-state index in [1.807, 2.05) is 55.5 Å². The van der Waals surface area contributed by atoms with Crippen LogP contribution in [-0.4, -0.2) is 16.7 Å². The lowest BCUT2D eigenvalue weighted by Gasteiger charge is -2.09. The zero-order valence-electron chi connectivity index (χ0n) is 13.7. The third-order valence-corrected chi connectivity index (χ3v) is 4.09. The lowest BCUT2D eigenvalue weighted by molar-refractivity contribution is 0.414. The fourth-order valence-corrected chi connectivity index (χ4v) is 2.93. The Morgan fingerprint density at radius 2 is 1.92 bits per heavy atom. The lowest BCUT2D eigenvalue weighted by atomic mass is 10.2. The van der Waals surface area contributed by atoms with E-state index in [1.165, 1.54) is 0 Å². The predicted octanol–water partition coefficient (Wildman–Crippen LogP) is 4.66. The molecule has 0 atom stereocenters. The van der Waals surface area contributed by atoms with Gasteiger partial charge in [-0.25, -0.2) is 4.98 Å². The first kappa shape index (κ1) is 14.6. The van der Waals surface area contributed by atoms with E-state index in [4.69, 9.17) is 14.1 Å². The second kappa shape index (κ2) is 5.89. The van der Waals surface area contributed by atoms with Gasteiger partial charge in [0.25, 0.3) is 0 Å². The molecule has 0 amide bonds. The molecular formula is C20H18N2O2. The van der Waals surface area contributed by atoms with Crippen LogP contribution in [0.5, 0.6) is 5.75 Å². The molecule has 0 aliphatic carbocycles. The van der Waals surface area contributed by atoms with Gasteiger partial charge >= 0.3 is 0 Å². The normalized spacial score (nSPS) is 11.1. The summed E-state index contributed by atoms with van der Waals surface area (Å²) >= 11 is 0. The van der Waals surface area contributed by atoms with E-state index in [9.17, 15) is 0 Å². The Morgan fingerprint density at radius 1 is 1.04 bits per heavy atom. The third kappa shape index (κ3) is 2.56. The van der Waals surface area contributed by atoms with E-state index in [-0.39, 0.29) is 0 Å². The molecule has 0 N–H and O–H groups in total. The highest BCUT2D eigenvalue weighted by Crippen LogP contribution is 2.27. The smallest absolute Gasteiger partial charge is 0.177 e. The predicted molar refractivity (Wildman–Crippen MR) is 94.3 cm³/mol. The minimum absolute atomic E-state index is 0.701. The monoisotopic (exact) mass is 318 g/mol. The Morgan fingerprint density at radius 3 is 2.71 bits per heavy atom. The van der Waals surface area contributed by atoms with Crippen molar-refractivity contribution < 1.29 is 9.15 Å². The van der Waals surface area contributed by atoms with Gasteiger partial charge in [0.05, 0.1) is 18.1 Å². The fraction of sp³-hybridized carbons (Fsp3) is 0.150. The van der Waals surface area contributed by atoms with Crippen LogP contribution in [0.15, 0.2) is 65.1 Å². The number of rotatable bonds is 4. The van der Waals surface area contributed by atoms with Crippen LogP contribution in [0.1, 0.15) is 11.3 Å². The summed E-state index contributed by atoms with van der Waals surface area (Å²) in [6, 6.07) is 20.2. The highest BCUT2D eigenvalue weighted by atomic mass is 16.5. The van der Waals surface area contributed by atoms with Gasteiger partial charge in [0, 0.05) is 6.54 Å². The first-order valence-electron chi connectivity index (χ1n) is 7.89. The number of furan rings is 1. The van der Waals surface area contributed by atoms with Crippen molar-refractivity contribution in [3.63, 3.8) is 0 Å². The minimum Gasteiger partial charge on any atom is -0.497 e. The molecule has 0 spiro atoms. The Balaban J connectivity index is 1.86. The molecule has 120 valence electrons. The SMILES string of the molecule is COc1cccc(Cn2c(-c3ccc(C)o3)nc3ccccc32)c1. The zero-order chi connectivity index (χ0) is 16.5. The van der Waals surface area contributed by atoms with Crippen LogP contribution < -0.4 is 4.74 Å². The van der Waals surface area contributed by atoms with Gasteiger partial charge in [-0.3, -0.25) is 0 Å². The topological polar surface area (TPSA) is 40.2 Å². The van der Waals surface area contributed by atoms with Crippen molar-refractivity contribution >= 4 is 11.0 Å². The molecule has 4 aromatic rings. The van der Waals surface area contributed by atoms with Crippen LogP contribution in [0.25, 0.3) is 22.6 Å². The molecule has 0 radical (unpaired) electrons. The molecule has 4 rings (SSSR count). The summed E-state index contributed by atoms with van der Waals surface area (Å²) in [5.41, 5.74) is 3.20. The number of aromatic nitrogens is 2. The maximum Gasteiger partial charge on any atom is 0.177 e. The first-order valence-corrected chi connectivity index (χ1v) is 7.89. The number of aryl methyl sites for hydroxylation is 1. The quantitative estimate of drug-likeness (QED) is 0.549. The maximum absolute atomic E-state index is 5.81. The lowest BCUT2D eigenvalue weighted by Crippen LogP contribution is -2.02. The second-order valence-corrected chi connectivity index (χ2v) is 5.77. The Hall–Kier alpha value is -3.01. The van der Waals surface area contributed by atoms with Crippen LogP contribution >= 0.6 is 0 Å². The molecule has 0 saturated carbocycles. The van der Waals surface area contributed by atoms with Gasteiger partial charge in [-0.1, -0.05) is 24.3 Å². The van der Waals surface area contributed by atoms with E-state index >= 15 is 0 Å². The summed E-state index contributed by atoms with van der Waals surface area (Å²) in [6.45, 7) is 2.64. The molecule has 0 aliphatic heterocycles. The average Bonchev–Trinajstić information content (AvgIpc) is 3.19. The number of fused-ring (bicyclic) bond motifs is 1. The van der Waals surface area contributed by atoms with Crippen LogP contribution in [0.2, 0.25) is 0 Å². The van der Waals surface area contributed by atoms with Gasteiger partial charge in [0.15, 0.2) is 11.6 Å². The summed E-state index contributed by atoms with van der Waals surface area (Å²) in [7, 11) is 1.68. The first-order chi connectivity index (χ1) is 11.7. The molecule has 0 saturated heterocycles. The molecule has 0 bridgehead atoms. The van der Waals surface area contributed by atoms with E-state index < -0.39 is 0 Å². The van der Waals surface area contributed by atoms with Crippen LogP contribution in [0.4, 0.5) is 0 Å². The van der Waals surface area contributed by atoms with Crippen LogP contribution in [0, 0.1) is 6.92 Å². The van der Waals surface area contributed by atoms with Gasteiger partial charge < -0.3 is 13.7 Å². The van der Waals surface area contributed by atoms with Crippen molar-refractivity contribution in [2.45, 2.75) is 13.5 Å². The molecule has 4 heteroatoms. The number of nitrogens with zero attached hydrogens (tertiary/aromatic N) is 2. The Bertz CT molecular complexity index is 998. The third-order valence-electron chi connectivity index (χ3n) is 4.09. The molecule has 2 aromatic carbocycles. The van der Waals surface area contributed by atoms with E-state index in [2.05, 4.69) is 16.7 Å². The largest absolute Gasteiger partial charge is 0.497 e. The van der Waals surface area contributed by atoms with Gasteiger partial charge in [-0.2, -0.15) is 0 Å². The van der Waals surface area contributed by atoms with Crippen molar-refractivity contribution in [3.8, 4) is 17.3 Å². The standard InChI is InChI=1S/C20H18N2O2/c1-14-10-11-19(24-14)20-21-17-8-3-4-9-18(17)22(20)13-15-6-5-7-16(12-15)23-2/h3-12H,13H2,1-2H3. The number of benzene rings is 2. The molecular weight excluding hydrogens is 300 g/mol. The van der Waals surface area contributed by atoms with Crippen molar-refractivity contribution in [3.05, 3.63) is 72.0 Å². The van der Waals surface area contributed by atoms with Gasteiger partial charge in [-0.15, -0.1) is 0 Å². The number of imidazole rings is 1. The van der Waals surface area contributed by atoms with Crippen molar-refractivity contribution in [2.75, 3.05) is 7.11 Å². The molecule has 24 heavy (non-hydrogen) atoms. The number of hydrogen-bond acceptors (Lipinski definition) is 3. The number of ether oxygens (including phenoxy) is 1. The minimum atomic E-state index is 0.701. The summed E-state index contributed by atoms with van der Waals surface area (Å²) in [4.78, 5) is 4.77. The highest BCUT2D eigenvalue weighted by molar-refractivity contribution is 5.79. The second-order valence-electron chi connectivity index (χ2n) is 5.77. The molecule has 2 heterocycles. The highest BCUT2D eigenvalue weighted by Gasteiger charge is 2.15. The molecule has 0 fully saturated rings. The average molecular weight is 318 g/mol. The van der Waals surface area contributed by atoms with Crippen molar-refractivity contribution in [1.82, 2.24) is 9.55 Å². The van der Waals surface area contributed by atoms with Crippen LogP contribution in [-0.2, 0) is 6.54 Å². The van der Waals surface area contributed by atoms with Crippen molar-refractivity contribution in [1.29, 1.82) is 0 Å². The summed E-state index contributed by atoms with van der Waals surface area (Å²) in [6.07, 6.45) is 0. The molecule has 4 nitrogen and oxygen atoms in total. The Kier molecular flexibility index (Phi) is 3.58. The zero-order valence-corrected chi connectivity index (χ0v) is 13.7. The van der Waals surface area contributed by atoms with E-state index in [0.29, 0.717) is 6.54 Å². The van der Waals surface area contributed by atoms with Gasteiger partial charge in [-0.05, 0) is 48.9 Å². The molecule has 0 unspecified atom stereocenters. The van der Waals surface area contributed by atoms with Crippen LogP contribution in [0.3, 0.4) is 0 Å². The number of para-hydroxylation sites is 2. The Labute approximate surface area is 140 Å². The van der Waals surface area contributed by atoms with Gasteiger partial charge in [0.2, 0.25) is 0 Å².